The number of hydrogen-bond donors (Lipinski definition) is 2. The number of carboxylic acids is 1. The molecule has 0 atom stereocenters. The Balaban J connectivity index is 1.87. The van der Waals surface area contributed by atoms with Gasteiger partial charge in [-0.1, -0.05) is 30.3 Å². The van der Waals surface area contributed by atoms with Crippen LogP contribution in [0.2, 0.25) is 0 Å². The van der Waals surface area contributed by atoms with Gasteiger partial charge in [-0.15, -0.1) is 0 Å². The third-order valence-corrected chi connectivity index (χ3v) is 6.34. The second kappa shape index (κ2) is 9.61. The SMILES string of the molecule is O=C(O)c1ccccc1CCc1cccc(NS(=O)(=O)c2cc(C(F)(F)F)cc(C(F)(F)F)c2)c1. The van der Waals surface area contributed by atoms with Crippen molar-refractivity contribution < 1.29 is 44.7 Å². The van der Waals surface area contributed by atoms with E-state index in [1.54, 1.807) is 24.3 Å². The normalized spacial score (nSPS) is 12.4. The minimum Gasteiger partial charge on any atom is -0.478 e. The molecule has 0 fully saturated rings. The predicted octanol–water partition coefficient (Wildman–Crippen LogP) is 6.01. The number of hydrogen-bond acceptors (Lipinski definition) is 3. The van der Waals surface area contributed by atoms with Gasteiger partial charge in [-0.25, -0.2) is 13.2 Å². The van der Waals surface area contributed by atoms with Crippen LogP contribution < -0.4 is 4.72 Å². The quantitative estimate of drug-likeness (QED) is 0.376. The van der Waals surface area contributed by atoms with Crippen LogP contribution in [0.1, 0.15) is 32.6 Å². The first-order chi connectivity index (χ1) is 16.2. The van der Waals surface area contributed by atoms with E-state index < -0.39 is 44.4 Å². The smallest absolute Gasteiger partial charge is 0.416 e. The van der Waals surface area contributed by atoms with Gasteiger partial charge in [-0.05, 0) is 60.4 Å². The van der Waals surface area contributed by atoms with Crippen LogP contribution in [0, 0.1) is 0 Å². The summed E-state index contributed by atoms with van der Waals surface area (Å²) in [7, 11) is -4.81. The van der Waals surface area contributed by atoms with Crippen molar-refractivity contribution in [1.82, 2.24) is 0 Å². The largest absolute Gasteiger partial charge is 0.478 e. The summed E-state index contributed by atoms with van der Waals surface area (Å²) in [4.78, 5) is 10.1. The molecule has 0 saturated carbocycles. The van der Waals surface area contributed by atoms with Gasteiger partial charge in [0, 0.05) is 5.69 Å². The van der Waals surface area contributed by atoms with E-state index in [4.69, 9.17) is 0 Å². The van der Waals surface area contributed by atoms with Gasteiger partial charge in [-0.2, -0.15) is 26.3 Å². The van der Waals surface area contributed by atoms with Crippen molar-refractivity contribution in [3.8, 4) is 0 Å². The number of aryl methyl sites for hydroxylation is 2. The lowest BCUT2D eigenvalue weighted by molar-refractivity contribution is -0.143. The fraction of sp³-hybridized carbons (Fsp3) is 0.174. The molecule has 0 radical (unpaired) electrons. The Morgan fingerprint density at radius 1 is 0.800 bits per heavy atom. The maximum absolute atomic E-state index is 13.1. The van der Waals surface area contributed by atoms with Crippen LogP contribution in [0.5, 0.6) is 0 Å². The van der Waals surface area contributed by atoms with Gasteiger partial charge in [0.15, 0.2) is 0 Å². The van der Waals surface area contributed by atoms with E-state index >= 15 is 0 Å². The number of alkyl halides is 6. The van der Waals surface area contributed by atoms with E-state index in [-0.39, 0.29) is 29.4 Å². The summed E-state index contributed by atoms with van der Waals surface area (Å²) >= 11 is 0. The molecule has 0 aliphatic rings. The van der Waals surface area contributed by atoms with Crippen molar-refractivity contribution >= 4 is 21.7 Å². The second-order valence-electron chi connectivity index (χ2n) is 7.51. The molecule has 186 valence electrons. The van der Waals surface area contributed by atoms with Crippen LogP contribution in [-0.4, -0.2) is 19.5 Å². The first-order valence-corrected chi connectivity index (χ1v) is 11.4. The Hall–Kier alpha value is -3.54. The lowest BCUT2D eigenvalue weighted by atomic mass is 10.00. The first kappa shape index (κ1) is 26.1. The Bertz CT molecular complexity index is 1320. The summed E-state index contributed by atoms with van der Waals surface area (Å²) in [6.45, 7) is 0. The number of anilines is 1. The zero-order valence-electron chi connectivity index (χ0n) is 17.6. The van der Waals surface area contributed by atoms with Crippen LogP contribution in [-0.2, 0) is 35.2 Å². The maximum Gasteiger partial charge on any atom is 0.416 e. The molecular formula is C23H17F6NO4S. The number of nitrogens with one attached hydrogen (secondary N) is 1. The van der Waals surface area contributed by atoms with Gasteiger partial charge in [0.25, 0.3) is 10.0 Å². The number of rotatable bonds is 7. The molecule has 3 aromatic rings. The predicted molar refractivity (Wildman–Crippen MR) is 115 cm³/mol. The summed E-state index contributed by atoms with van der Waals surface area (Å²) in [5.74, 6) is -1.11. The molecule has 0 spiro atoms. The van der Waals surface area contributed by atoms with Crippen LogP contribution in [0.25, 0.3) is 0 Å². The fourth-order valence-electron chi connectivity index (χ4n) is 3.31. The fourth-order valence-corrected chi connectivity index (χ4v) is 4.43. The van der Waals surface area contributed by atoms with Crippen molar-refractivity contribution in [1.29, 1.82) is 0 Å². The zero-order valence-corrected chi connectivity index (χ0v) is 18.4. The summed E-state index contributed by atoms with van der Waals surface area (Å²) in [6.07, 6.45) is -9.81. The molecule has 0 unspecified atom stereocenters. The van der Waals surface area contributed by atoms with E-state index in [1.807, 2.05) is 4.72 Å². The molecule has 0 saturated heterocycles. The summed E-state index contributed by atoms with van der Waals surface area (Å²) in [5.41, 5.74) is -2.38. The second-order valence-corrected chi connectivity index (χ2v) is 9.19. The van der Waals surface area contributed by atoms with Gasteiger partial charge in [-0.3, -0.25) is 4.72 Å². The van der Waals surface area contributed by atoms with Gasteiger partial charge in [0.2, 0.25) is 0 Å². The molecule has 0 aliphatic carbocycles. The van der Waals surface area contributed by atoms with Crippen molar-refractivity contribution in [2.75, 3.05) is 4.72 Å². The Morgan fingerprint density at radius 3 is 1.97 bits per heavy atom. The van der Waals surface area contributed by atoms with Crippen LogP contribution in [0.4, 0.5) is 32.0 Å². The molecule has 12 heteroatoms. The van der Waals surface area contributed by atoms with Crippen LogP contribution in [0.3, 0.4) is 0 Å². The molecule has 3 aromatic carbocycles. The minimum absolute atomic E-state index is 0.0833. The average molecular weight is 517 g/mol. The van der Waals surface area contributed by atoms with Gasteiger partial charge in [0.05, 0.1) is 21.6 Å². The molecule has 0 bridgehead atoms. The Kier molecular flexibility index (Phi) is 7.16. The molecule has 0 amide bonds. The van der Waals surface area contributed by atoms with Gasteiger partial charge in [0.1, 0.15) is 0 Å². The Morgan fingerprint density at radius 2 is 1.40 bits per heavy atom. The maximum atomic E-state index is 13.1. The molecule has 0 heterocycles. The van der Waals surface area contributed by atoms with Crippen molar-refractivity contribution in [3.05, 3.63) is 94.5 Å². The number of halogens is 6. The molecule has 0 aromatic heterocycles. The number of carboxylic acid groups (broad SMARTS) is 1. The van der Waals surface area contributed by atoms with Crippen LogP contribution in [0.15, 0.2) is 71.6 Å². The highest BCUT2D eigenvalue weighted by Gasteiger charge is 2.38. The van der Waals surface area contributed by atoms with E-state index in [0.717, 1.165) is 0 Å². The van der Waals surface area contributed by atoms with E-state index in [0.29, 0.717) is 24.0 Å². The monoisotopic (exact) mass is 517 g/mol. The van der Waals surface area contributed by atoms with E-state index in [1.165, 1.54) is 24.3 Å². The minimum atomic E-state index is -5.20. The number of sulfonamides is 1. The first-order valence-electron chi connectivity index (χ1n) is 9.89. The molecule has 5 nitrogen and oxygen atoms in total. The van der Waals surface area contributed by atoms with Crippen LogP contribution >= 0.6 is 0 Å². The molecule has 0 aliphatic heterocycles. The summed E-state index contributed by atoms with van der Waals surface area (Å²) in [5, 5.41) is 9.26. The van der Waals surface area contributed by atoms with Crippen molar-refractivity contribution in [2.24, 2.45) is 0 Å². The zero-order chi connectivity index (χ0) is 26.0. The van der Waals surface area contributed by atoms with Gasteiger partial charge < -0.3 is 5.11 Å². The highest BCUT2D eigenvalue weighted by molar-refractivity contribution is 7.92. The molecular weight excluding hydrogens is 500 g/mol. The number of benzene rings is 3. The lowest BCUT2D eigenvalue weighted by Crippen LogP contribution is -2.17. The van der Waals surface area contributed by atoms with E-state index in [9.17, 15) is 44.7 Å². The standard InChI is InChI=1S/C23H17F6NO4S/c24-22(25,26)16-11-17(23(27,28)29)13-19(12-16)35(33,34)30-18-6-3-4-14(10-18)8-9-15-5-1-2-7-20(15)21(31)32/h1-7,10-13,30H,8-9H2,(H,31,32). The number of carbonyl (C=O) groups is 1. The van der Waals surface area contributed by atoms with Gasteiger partial charge >= 0.3 is 18.3 Å². The Labute approximate surface area is 196 Å². The highest BCUT2D eigenvalue weighted by atomic mass is 32.2. The van der Waals surface area contributed by atoms with E-state index in [2.05, 4.69) is 0 Å². The average Bonchev–Trinajstić information content (AvgIpc) is 2.76. The van der Waals surface area contributed by atoms with Crippen molar-refractivity contribution in [3.63, 3.8) is 0 Å². The summed E-state index contributed by atoms with van der Waals surface area (Å²) in [6, 6.07) is 12.1. The lowest BCUT2D eigenvalue weighted by Gasteiger charge is -2.15. The third kappa shape index (κ3) is 6.53. The third-order valence-electron chi connectivity index (χ3n) is 4.98. The molecule has 35 heavy (non-hydrogen) atoms. The number of aromatic carboxylic acids is 1. The molecule has 3 rings (SSSR count). The topological polar surface area (TPSA) is 83.5 Å². The highest BCUT2D eigenvalue weighted by Crippen LogP contribution is 2.37. The summed E-state index contributed by atoms with van der Waals surface area (Å²) < 4.78 is 106. The molecule has 2 N–H and O–H groups in total. The van der Waals surface area contributed by atoms with Crippen molar-refractivity contribution in [2.45, 2.75) is 30.1 Å².